The average Bonchev–Trinajstić information content (AvgIpc) is 2.89. The fourth-order valence-corrected chi connectivity index (χ4v) is 1.73. The fourth-order valence-electron chi connectivity index (χ4n) is 1.73. The van der Waals surface area contributed by atoms with E-state index in [0.29, 0.717) is 18.5 Å². The predicted octanol–water partition coefficient (Wildman–Crippen LogP) is 2.45. The first-order chi connectivity index (χ1) is 9.16. The Morgan fingerprint density at radius 2 is 2.21 bits per heavy atom. The van der Waals surface area contributed by atoms with Crippen LogP contribution in [0.25, 0.3) is 0 Å². The molecule has 2 N–H and O–H groups in total. The van der Waals surface area contributed by atoms with E-state index in [4.69, 9.17) is 9.52 Å². The summed E-state index contributed by atoms with van der Waals surface area (Å²) in [5, 5.41) is 11.9. The highest BCUT2D eigenvalue weighted by molar-refractivity contribution is 5.87. The lowest BCUT2D eigenvalue weighted by Gasteiger charge is -2.06. The first-order valence-corrected chi connectivity index (χ1v) is 5.91. The van der Waals surface area contributed by atoms with Gasteiger partial charge in [-0.3, -0.25) is 0 Å². The van der Waals surface area contributed by atoms with Crippen LogP contribution in [0, 0.1) is 5.82 Å². The summed E-state index contributed by atoms with van der Waals surface area (Å²) in [6, 6.07) is 7.45. The highest BCUT2D eigenvalue weighted by Gasteiger charge is 2.08. The van der Waals surface area contributed by atoms with Crippen LogP contribution in [0.3, 0.4) is 0 Å². The molecule has 0 saturated carbocycles. The molecule has 0 spiro atoms. The van der Waals surface area contributed by atoms with Gasteiger partial charge in [0, 0.05) is 25.1 Å². The SMILES string of the molecule is O=C(O)c1ccc(F)c(CNCCc2ccco2)c1. The number of rotatable bonds is 6. The van der Waals surface area contributed by atoms with Crippen LogP contribution in [-0.2, 0) is 13.0 Å². The van der Waals surface area contributed by atoms with Crippen molar-refractivity contribution in [3.63, 3.8) is 0 Å². The van der Waals surface area contributed by atoms with Crippen LogP contribution in [0.4, 0.5) is 4.39 Å². The maximum atomic E-state index is 13.5. The Kier molecular flexibility index (Phi) is 4.30. The summed E-state index contributed by atoms with van der Waals surface area (Å²) in [5.41, 5.74) is 0.434. The molecular formula is C14H14FNO3. The summed E-state index contributed by atoms with van der Waals surface area (Å²) in [6.07, 6.45) is 2.30. The lowest BCUT2D eigenvalue weighted by Crippen LogP contribution is -2.17. The number of hydrogen-bond acceptors (Lipinski definition) is 3. The third kappa shape index (κ3) is 3.66. The van der Waals surface area contributed by atoms with Crippen LogP contribution in [0.5, 0.6) is 0 Å². The normalized spacial score (nSPS) is 10.6. The van der Waals surface area contributed by atoms with Crippen molar-refractivity contribution in [2.45, 2.75) is 13.0 Å². The lowest BCUT2D eigenvalue weighted by atomic mass is 10.1. The molecule has 100 valence electrons. The van der Waals surface area contributed by atoms with Crippen molar-refractivity contribution in [3.8, 4) is 0 Å². The van der Waals surface area contributed by atoms with Crippen LogP contribution >= 0.6 is 0 Å². The lowest BCUT2D eigenvalue weighted by molar-refractivity contribution is 0.0696. The third-order valence-electron chi connectivity index (χ3n) is 2.74. The molecular weight excluding hydrogens is 249 g/mol. The fraction of sp³-hybridized carbons (Fsp3) is 0.214. The number of benzene rings is 1. The molecule has 0 radical (unpaired) electrons. The summed E-state index contributed by atoms with van der Waals surface area (Å²) in [5.74, 6) is -0.611. The van der Waals surface area contributed by atoms with E-state index < -0.39 is 11.8 Å². The van der Waals surface area contributed by atoms with Crippen molar-refractivity contribution in [3.05, 3.63) is 59.3 Å². The Labute approximate surface area is 109 Å². The van der Waals surface area contributed by atoms with Gasteiger partial charge in [-0.15, -0.1) is 0 Å². The van der Waals surface area contributed by atoms with Crippen molar-refractivity contribution < 1.29 is 18.7 Å². The van der Waals surface area contributed by atoms with Gasteiger partial charge in [-0.2, -0.15) is 0 Å². The second kappa shape index (κ2) is 6.15. The van der Waals surface area contributed by atoms with E-state index in [0.717, 1.165) is 5.76 Å². The first-order valence-electron chi connectivity index (χ1n) is 5.91. The molecule has 0 bridgehead atoms. The highest BCUT2D eigenvalue weighted by Crippen LogP contribution is 2.10. The Bertz CT molecular complexity index is 552. The second-order valence-electron chi connectivity index (χ2n) is 4.12. The zero-order valence-electron chi connectivity index (χ0n) is 10.2. The quantitative estimate of drug-likeness (QED) is 0.786. The first kappa shape index (κ1) is 13.3. The number of aromatic carboxylic acids is 1. The van der Waals surface area contributed by atoms with Crippen molar-refractivity contribution in [2.24, 2.45) is 0 Å². The molecule has 0 fully saturated rings. The molecule has 1 aromatic carbocycles. The number of halogens is 1. The molecule has 0 aliphatic heterocycles. The Morgan fingerprint density at radius 1 is 1.37 bits per heavy atom. The Hall–Kier alpha value is -2.14. The molecule has 2 aromatic rings. The summed E-state index contributed by atoms with van der Waals surface area (Å²) >= 11 is 0. The summed E-state index contributed by atoms with van der Waals surface area (Å²) < 4.78 is 18.7. The van der Waals surface area contributed by atoms with Crippen LogP contribution in [0.2, 0.25) is 0 Å². The van der Waals surface area contributed by atoms with E-state index in [-0.39, 0.29) is 12.1 Å². The minimum absolute atomic E-state index is 0.0873. The van der Waals surface area contributed by atoms with Crippen LogP contribution in [-0.4, -0.2) is 17.6 Å². The zero-order valence-corrected chi connectivity index (χ0v) is 10.2. The van der Waals surface area contributed by atoms with Crippen molar-refractivity contribution >= 4 is 5.97 Å². The third-order valence-corrected chi connectivity index (χ3v) is 2.74. The predicted molar refractivity (Wildman–Crippen MR) is 67.5 cm³/mol. The monoisotopic (exact) mass is 263 g/mol. The van der Waals surface area contributed by atoms with E-state index in [1.807, 2.05) is 12.1 Å². The van der Waals surface area contributed by atoms with Crippen LogP contribution < -0.4 is 5.32 Å². The number of carboxylic acid groups (broad SMARTS) is 1. The van der Waals surface area contributed by atoms with E-state index in [1.165, 1.54) is 18.2 Å². The van der Waals surface area contributed by atoms with E-state index in [1.54, 1.807) is 6.26 Å². The zero-order chi connectivity index (χ0) is 13.7. The molecule has 5 heteroatoms. The maximum absolute atomic E-state index is 13.5. The Morgan fingerprint density at radius 3 is 2.89 bits per heavy atom. The molecule has 0 aliphatic rings. The van der Waals surface area contributed by atoms with Gasteiger partial charge in [-0.1, -0.05) is 0 Å². The van der Waals surface area contributed by atoms with Crippen molar-refractivity contribution in [2.75, 3.05) is 6.54 Å². The topological polar surface area (TPSA) is 62.5 Å². The molecule has 1 heterocycles. The van der Waals surface area contributed by atoms with Gasteiger partial charge in [0.2, 0.25) is 0 Å². The highest BCUT2D eigenvalue weighted by atomic mass is 19.1. The number of carboxylic acids is 1. The molecule has 0 saturated heterocycles. The molecule has 0 aliphatic carbocycles. The van der Waals surface area contributed by atoms with Gasteiger partial charge < -0.3 is 14.8 Å². The van der Waals surface area contributed by atoms with Crippen molar-refractivity contribution in [1.29, 1.82) is 0 Å². The molecule has 0 unspecified atom stereocenters. The standard InChI is InChI=1S/C14H14FNO3/c15-13-4-3-10(14(17)18)8-11(13)9-16-6-5-12-2-1-7-19-12/h1-4,7-8,16H,5-6,9H2,(H,17,18). The minimum atomic E-state index is -1.06. The smallest absolute Gasteiger partial charge is 0.335 e. The molecule has 0 amide bonds. The minimum Gasteiger partial charge on any atom is -0.478 e. The largest absolute Gasteiger partial charge is 0.478 e. The Balaban J connectivity index is 1.88. The summed E-state index contributed by atoms with van der Waals surface area (Å²) in [4.78, 5) is 10.8. The van der Waals surface area contributed by atoms with Gasteiger partial charge >= 0.3 is 5.97 Å². The van der Waals surface area contributed by atoms with Gasteiger partial charge in [0.25, 0.3) is 0 Å². The molecule has 0 atom stereocenters. The summed E-state index contributed by atoms with van der Waals surface area (Å²) in [6.45, 7) is 0.915. The number of furan rings is 1. The van der Waals surface area contributed by atoms with E-state index >= 15 is 0 Å². The van der Waals surface area contributed by atoms with Gasteiger partial charge in [0.1, 0.15) is 11.6 Å². The van der Waals surface area contributed by atoms with Gasteiger partial charge in [-0.25, -0.2) is 9.18 Å². The maximum Gasteiger partial charge on any atom is 0.335 e. The molecule has 4 nitrogen and oxygen atoms in total. The van der Waals surface area contributed by atoms with E-state index in [9.17, 15) is 9.18 Å². The number of nitrogens with one attached hydrogen (secondary N) is 1. The van der Waals surface area contributed by atoms with E-state index in [2.05, 4.69) is 5.32 Å². The van der Waals surface area contributed by atoms with Crippen LogP contribution in [0.1, 0.15) is 21.7 Å². The second-order valence-corrected chi connectivity index (χ2v) is 4.12. The molecule has 1 aromatic heterocycles. The molecule has 2 rings (SSSR count). The van der Waals surface area contributed by atoms with Gasteiger partial charge in [0.05, 0.1) is 11.8 Å². The van der Waals surface area contributed by atoms with Gasteiger partial charge in [0.15, 0.2) is 0 Å². The van der Waals surface area contributed by atoms with Crippen LogP contribution in [0.15, 0.2) is 41.0 Å². The summed E-state index contributed by atoms with van der Waals surface area (Å²) in [7, 11) is 0. The number of carbonyl (C=O) groups is 1. The van der Waals surface area contributed by atoms with Crippen molar-refractivity contribution in [1.82, 2.24) is 5.32 Å². The molecule has 19 heavy (non-hydrogen) atoms. The van der Waals surface area contributed by atoms with Gasteiger partial charge in [-0.05, 0) is 30.3 Å². The number of hydrogen-bond donors (Lipinski definition) is 2. The average molecular weight is 263 g/mol.